The first-order valence-electron chi connectivity index (χ1n) is 5.75. The number of halogens is 1. The van der Waals surface area contributed by atoms with E-state index >= 15 is 0 Å². The highest BCUT2D eigenvalue weighted by molar-refractivity contribution is 6.29. The molecule has 0 spiro atoms. The molecule has 3 rings (SSSR count). The van der Waals surface area contributed by atoms with Gasteiger partial charge in [-0.15, -0.1) is 0 Å². The fourth-order valence-electron chi connectivity index (χ4n) is 1.88. The maximum atomic E-state index is 5.87. The maximum absolute atomic E-state index is 5.87. The molecule has 0 atom stereocenters. The smallest absolute Gasteiger partial charge is 0.134 e. The average Bonchev–Trinajstić information content (AvgIpc) is 2.37. The molecule has 0 saturated carbocycles. The van der Waals surface area contributed by atoms with Crippen LogP contribution in [0.2, 0.25) is 5.15 Å². The van der Waals surface area contributed by atoms with E-state index in [0.29, 0.717) is 16.7 Å². The highest BCUT2D eigenvalue weighted by Gasteiger charge is 2.01. The first-order valence-corrected chi connectivity index (χ1v) is 6.13. The van der Waals surface area contributed by atoms with Gasteiger partial charge in [0.25, 0.3) is 0 Å². The number of hydrogen-bond acceptors (Lipinski definition) is 4. The van der Waals surface area contributed by atoms with Gasteiger partial charge in [-0.3, -0.25) is 4.98 Å². The van der Waals surface area contributed by atoms with Crippen LogP contribution in [-0.4, -0.2) is 9.97 Å². The van der Waals surface area contributed by atoms with Gasteiger partial charge in [0, 0.05) is 29.0 Å². The Morgan fingerprint density at radius 3 is 2.84 bits per heavy atom. The van der Waals surface area contributed by atoms with Crippen molar-refractivity contribution in [2.45, 2.75) is 0 Å². The van der Waals surface area contributed by atoms with Gasteiger partial charge >= 0.3 is 0 Å². The van der Waals surface area contributed by atoms with Crippen molar-refractivity contribution < 1.29 is 0 Å². The molecule has 94 valence electrons. The molecule has 3 aromatic rings. The van der Waals surface area contributed by atoms with E-state index in [1.54, 1.807) is 18.3 Å². The second kappa shape index (κ2) is 4.74. The van der Waals surface area contributed by atoms with Gasteiger partial charge in [-0.1, -0.05) is 17.7 Å². The molecule has 3 N–H and O–H groups in total. The molecule has 0 amide bonds. The number of nitrogen functional groups attached to an aromatic ring is 1. The number of fused-ring (bicyclic) bond motifs is 1. The van der Waals surface area contributed by atoms with Gasteiger partial charge in [0.2, 0.25) is 0 Å². The lowest BCUT2D eigenvalue weighted by atomic mass is 10.2. The molecule has 0 aliphatic carbocycles. The van der Waals surface area contributed by atoms with E-state index in [2.05, 4.69) is 15.3 Å². The summed E-state index contributed by atoms with van der Waals surface area (Å²) < 4.78 is 0. The summed E-state index contributed by atoms with van der Waals surface area (Å²) in [5, 5.41) is 4.60. The van der Waals surface area contributed by atoms with Crippen LogP contribution >= 0.6 is 11.6 Å². The number of hydrogen-bond donors (Lipinski definition) is 2. The van der Waals surface area contributed by atoms with Gasteiger partial charge in [0.05, 0.1) is 5.52 Å². The van der Waals surface area contributed by atoms with Crippen LogP contribution < -0.4 is 11.1 Å². The minimum absolute atomic E-state index is 0.366. The molecule has 0 aliphatic heterocycles. The van der Waals surface area contributed by atoms with E-state index in [1.807, 2.05) is 30.3 Å². The van der Waals surface area contributed by atoms with Gasteiger partial charge in [0.1, 0.15) is 11.0 Å². The Morgan fingerprint density at radius 1 is 1.11 bits per heavy atom. The number of nitrogens with two attached hydrogens (primary N) is 1. The van der Waals surface area contributed by atoms with E-state index in [4.69, 9.17) is 17.3 Å². The van der Waals surface area contributed by atoms with E-state index < -0.39 is 0 Å². The number of benzene rings is 1. The first kappa shape index (κ1) is 11.7. The van der Waals surface area contributed by atoms with Crippen LogP contribution in [0, 0.1) is 0 Å². The summed E-state index contributed by atoms with van der Waals surface area (Å²) >= 11 is 5.87. The van der Waals surface area contributed by atoms with E-state index in [1.165, 1.54) is 0 Å². The Kier molecular flexibility index (Phi) is 2.93. The summed E-state index contributed by atoms with van der Waals surface area (Å²) in [6.07, 6.45) is 1.77. The minimum atomic E-state index is 0.366. The molecule has 0 bridgehead atoms. The van der Waals surface area contributed by atoms with Gasteiger partial charge in [-0.05, 0) is 30.3 Å². The van der Waals surface area contributed by atoms with Crippen molar-refractivity contribution in [2.24, 2.45) is 0 Å². The quantitative estimate of drug-likeness (QED) is 0.698. The van der Waals surface area contributed by atoms with Crippen LogP contribution in [0.25, 0.3) is 10.9 Å². The van der Waals surface area contributed by atoms with Crippen LogP contribution in [0.1, 0.15) is 0 Å². The number of aromatic nitrogens is 2. The molecule has 4 nitrogen and oxygen atoms in total. The lowest BCUT2D eigenvalue weighted by Crippen LogP contribution is -1.96. The second-order valence-electron chi connectivity index (χ2n) is 4.14. The molecule has 0 aliphatic rings. The highest BCUT2D eigenvalue weighted by Crippen LogP contribution is 2.22. The lowest BCUT2D eigenvalue weighted by Gasteiger charge is -2.07. The van der Waals surface area contributed by atoms with Gasteiger partial charge in [0.15, 0.2) is 0 Å². The summed E-state index contributed by atoms with van der Waals surface area (Å²) in [5.74, 6) is 0.619. The topological polar surface area (TPSA) is 63.8 Å². The SMILES string of the molecule is Nc1cc(Cl)nc(Nc2ccc3ncccc3c2)c1. The van der Waals surface area contributed by atoms with Gasteiger partial charge in [-0.2, -0.15) is 0 Å². The van der Waals surface area contributed by atoms with Crippen LogP contribution in [0.4, 0.5) is 17.2 Å². The zero-order valence-electron chi connectivity index (χ0n) is 9.97. The molecule has 2 heterocycles. The molecule has 19 heavy (non-hydrogen) atoms. The Balaban J connectivity index is 1.96. The molecule has 2 aromatic heterocycles. The van der Waals surface area contributed by atoms with E-state index in [9.17, 15) is 0 Å². The van der Waals surface area contributed by atoms with Crippen LogP contribution in [0.3, 0.4) is 0 Å². The lowest BCUT2D eigenvalue weighted by molar-refractivity contribution is 1.31. The number of rotatable bonds is 2. The van der Waals surface area contributed by atoms with Crippen molar-refractivity contribution in [1.29, 1.82) is 0 Å². The summed E-state index contributed by atoms with van der Waals surface area (Å²) in [4.78, 5) is 8.44. The molecule has 0 fully saturated rings. The average molecular weight is 271 g/mol. The van der Waals surface area contributed by atoms with Crippen molar-refractivity contribution in [1.82, 2.24) is 9.97 Å². The standard InChI is InChI=1S/C14H11ClN4/c15-13-7-10(16)8-14(19-13)18-11-3-4-12-9(6-11)2-1-5-17-12/h1-8H,(H3,16,18,19). The summed E-state index contributed by atoms with van der Waals surface area (Å²) in [5.41, 5.74) is 8.17. The number of pyridine rings is 2. The normalized spacial score (nSPS) is 10.6. The number of anilines is 3. The summed E-state index contributed by atoms with van der Waals surface area (Å²) in [6, 6.07) is 13.1. The van der Waals surface area contributed by atoms with Crippen LogP contribution in [0.5, 0.6) is 0 Å². The van der Waals surface area contributed by atoms with Gasteiger partial charge in [-0.25, -0.2) is 4.98 Å². The van der Waals surface area contributed by atoms with Crippen LogP contribution in [0.15, 0.2) is 48.7 Å². The maximum Gasteiger partial charge on any atom is 0.134 e. The van der Waals surface area contributed by atoms with Crippen molar-refractivity contribution in [3.63, 3.8) is 0 Å². The summed E-state index contributed by atoms with van der Waals surface area (Å²) in [6.45, 7) is 0. The van der Waals surface area contributed by atoms with E-state index in [0.717, 1.165) is 16.6 Å². The monoisotopic (exact) mass is 270 g/mol. The Labute approximate surface area is 115 Å². The van der Waals surface area contributed by atoms with Crippen molar-refractivity contribution >= 4 is 39.7 Å². The van der Waals surface area contributed by atoms with Crippen LogP contribution in [-0.2, 0) is 0 Å². The molecule has 0 unspecified atom stereocenters. The van der Waals surface area contributed by atoms with Gasteiger partial charge < -0.3 is 11.1 Å². The fourth-order valence-corrected chi connectivity index (χ4v) is 2.10. The Bertz CT molecular complexity index is 722. The summed E-state index contributed by atoms with van der Waals surface area (Å²) in [7, 11) is 0. The predicted octanol–water partition coefficient (Wildman–Crippen LogP) is 3.61. The molecular formula is C14H11ClN4. The van der Waals surface area contributed by atoms with E-state index in [-0.39, 0.29) is 0 Å². The largest absolute Gasteiger partial charge is 0.399 e. The fraction of sp³-hybridized carbons (Fsp3) is 0. The molecule has 1 aromatic carbocycles. The predicted molar refractivity (Wildman–Crippen MR) is 78.7 cm³/mol. The number of nitrogens with one attached hydrogen (secondary N) is 1. The van der Waals surface area contributed by atoms with Crippen molar-refractivity contribution in [2.75, 3.05) is 11.1 Å². The zero-order valence-corrected chi connectivity index (χ0v) is 10.7. The Morgan fingerprint density at radius 2 is 2.00 bits per heavy atom. The molecule has 0 saturated heterocycles. The first-order chi connectivity index (χ1) is 9.20. The Hall–Kier alpha value is -2.33. The third kappa shape index (κ3) is 2.58. The minimum Gasteiger partial charge on any atom is -0.399 e. The molecule has 5 heteroatoms. The molecular weight excluding hydrogens is 260 g/mol. The third-order valence-electron chi connectivity index (χ3n) is 2.69. The van der Waals surface area contributed by atoms with Crippen molar-refractivity contribution in [3.05, 3.63) is 53.8 Å². The zero-order chi connectivity index (χ0) is 13.2. The highest BCUT2D eigenvalue weighted by atomic mass is 35.5. The molecule has 0 radical (unpaired) electrons. The number of nitrogens with zero attached hydrogens (tertiary/aromatic N) is 2. The third-order valence-corrected chi connectivity index (χ3v) is 2.89. The second-order valence-corrected chi connectivity index (χ2v) is 4.53. The van der Waals surface area contributed by atoms with Crippen molar-refractivity contribution in [3.8, 4) is 0 Å².